The highest BCUT2D eigenvalue weighted by atomic mass is 32.1. The fraction of sp³-hybridized carbons (Fsp3) is 0.400. The maximum atomic E-state index is 4.32. The number of rotatable bonds is 2. The van der Waals surface area contributed by atoms with E-state index in [-0.39, 0.29) is 0 Å². The zero-order chi connectivity index (χ0) is 13.8. The van der Waals surface area contributed by atoms with Gasteiger partial charge in [0.2, 0.25) is 5.95 Å². The Bertz CT molecular complexity index is 630. The number of nitrogens with zero attached hydrogens (tertiary/aromatic N) is 3. The first-order valence-corrected chi connectivity index (χ1v) is 7.70. The number of hydrogen-bond acceptors (Lipinski definition) is 5. The summed E-state index contributed by atoms with van der Waals surface area (Å²) in [5.41, 5.74) is 1.62. The fourth-order valence-corrected chi connectivity index (χ4v) is 2.82. The molecular formula is C15H16N4S. The monoisotopic (exact) mass is 284 g/mol. The first kappa shape index (κ1) is 13.1. The minimum atomic E-state index is 0.532. The Morgan fingerprint density at radius 3 is 2.60 bits per heavy atom. The van der Waals surface area contributed by atoms with Crippen LogP contribution in [0.15, 0.2) is 17.8 Å². The molecule has 0 aromatic carbocycles. The molecule has 0 bridgehead atoms. The van der Waals surface area contributed by atoms with Crippen LogP contribution in [0.5, 0.6) is 0 Å². The van der Waals surface area contributed by atoms with Crippen LogP contribution >= 0.6 is 11.3 Å². The van der Waals surface area contributed by atoms with Crippen molar-refractivity contribution >= 4 is 17.3 Å². The Balaban J connectivity index is 1.65. The molecule has 0 aliphatic heterocycles. The number of nitrogens with one attached hydrogen (secondary N) is 1. The Kier molecular flexibility index (Phi) is 3.93. The zero-order valence-corrected chi connectivity index (χ0v) is 12.2. The Hall–Kier alpha value is -1.93. The van der Waals surface area contributed by atoms with Gasteiger partial charge in [-0.05, 0) is 25.7 Å². The molecule has 5 heteroatoms. The summed E-state index contributed by atoms with van der Waals surface area (Å²) in [6.45, 7) is 1.97. The van der Waals surface area contributed by atoms with Gasteiger partial charge in [-0.15, -0.1) is 11.3 Å². The van der Waals surface area contributed by atoms with Crippen LogP contribution in [-0.2, 0) is 0 Å². The first-order chi connectivity index (χ1) is 9.79. The van der Waals surface area contributed by atoms with E-state index in [0.717, 1.165) is 16.3 Å². The van der Waals surface area contributed by atoms with Crippen molar-refractivity contribution in [3.63, 3.8) is 0 Å². The summed E-state index contributed by atoms with van der Waals surface area (Å²) in [4.78, 5) is 12.9. The van der Waals surface area contributed by atoms with Gasteiger partial charge in [-0.3, -0.25) is 0 Å². The van der Waals surface area contributed by atoms with Crippen molar-refractivity contribution in [2.24, 2.45) is 0 Å². The fourth-order valence-electron chi connectivity index (χ4n) is 2.28. The molecule has 0 unspecified atom stereocenters. The molecule has 2 aromatic rings. The second-order valence-corrected chi connectivity index (χ2v) is 5.99. The Morgan fingerprint density at radius 2 is 1.95 bits per heavy atom. The van der Waals surface area contributed by atoms with Crippen molar-refractivity contribution in [1.82, 2.24) is 15.0 Å². The molecule has 1 fully saturated rings. The second-order valence-electron chi connectivity index (χ2n) is 4.92. The molecule has 4 nitrogen and oxygen atoms in total. The summed E-state index contributed by atoms with van der Waals surface area (Å²) in [6, 6.07) is 0.532. The normalized spacial score (nSPS) is 14.8. The number of anilines is 1. The van der Waals surface area contributed by atoms with Gasteiger partial charge >= 0.3 is 0 Å². The lowest BCUT2D eigenvalue weighted by molar-refractivity contribution is 0.744. The molecule has 3 rings (SSSR count). The lowest BCUT2D eigenvalue weighted by Crippen LogP contribution is -2.16. The van der Waals surface area contributed by atoms with Crippen LogP contribution in [0.4, 0.5) is 5.95 Å². The molecule has 2 aromatic heterocycles. The molecule has 1 saturated carbocycles. The molecule has 0 radical (unpaired) electrons. The summed E-state index contributed by atoms with van der Waals surface area (Å²) >= 11 is 1.60. The van der Waals surface area contributed by atoms with Crippen LogP contribution in [0.2, 0.25) is 0 Å². The van der Waals surface area contributed by atoms with Crippen molar-refractivity contribution in [3.05, 3.63) is 34.0 Å². The van der Waals surface area contributed by atoms with Crippen LogP contribution in [-0.4, -0.2) is 21.0 Å². The molecule has 0 spiro atoms. The average Bonchev–Trinajstić information content (AvgIpc) is 3.10. The number of hydrogen-bond donors (Lipinski definition) is 1. The smallest absolute Gasteiger partial charge is 0.222 e. The van der Waals surface area contributed by atoms with Gasteiger partial charge < -0.3 is 5.32 Å². The highest BCUT2D eigenvalue weighted by Crippen LogP contribution is 2.20. The van der Waals surface area contributed by atoms with E-state index >= 15 is 0 Å². The van der Waals surface area contributed by atoms with Gasteiger partial charge in [0.1, 0.15) is 5.69 Å². The minimum absolute atomic E-state index is 0.532. The summed E-state index contributed by atoms with van der Waals surface area (Å²) in [5.74, 6) is 6.76. The average molecular weight is 284 g/mol. The number of aromatic nitrogens is 3. The Labute approximate surface area is 122 Å². The van der Waals surface area contributed by atoms with E-state index in [1.54, 1.807) is 23.7 Å². The molecular weight excluding hydrogens is 268 g/mol. The van der Waals surface area contributed by atoms with E-state index < -0.39 is 0 Å². The molecule has 102 valence electrons. The van der Waals surface area contributed by atoms with Gasteiger partial charge in [0.15, 0.2) is 0 Å². The summed E-state index contributed by atoms with van der Waals surface area (Å²) in [6.07, 6.45) is 8.55. The number of aryl methyl sites for hydroxylation is 1. The second kappa shape index (κ2) is 6.02. The summed E-state index contributed by atoms with van der Waals surface area (Å²) in [7, 11) is 0. The quantitative estimate of drug-likeness (QED) is 0.861. The van der Waals surface area contributed by atoms with Crippen molar-refractivity contribution in [3.8, 4) is 11.8 Å². The molecule has 1 aliphatic rings. The Morgan fingerprint density at radius 1 is 1.20 bits per heavy atom. The summed E-state index contributed by atoms with van der Waals surface area (Å²) < 4.78 is 0. The van der Waals surface area contributed by atoms with Gasteiger partial charge in [-0.1, -0.05) is 18.8 Å². The molecule has 0 amide bonds. The van der Waals surface area contributed by atoms with Crippen LogP contribution in [0, 0.1) is 18.8 Å². The predicted molar refractivity (Wildman–Crippen MR) is 80.7 cm³/mol. The number of thiazole rings is 1. The maximum Gasteiger partial charge on any atom is 0.222 e. The zero-order valence-electron chi connectivity index (χ0n) is 11.4. The topological polar surface area (TPSA) is 50.7 Å². The van der Waals surface area contributed by atoms with Crippen LogP contribution in [0.1, 0.15) is 41.9 Å². The third-order valence-electron chi connectivity index (χ3n) is 3.29. The third-order valence-corrected chi connectivity index (χ3v) is 4.07. The van der Waals surface area contributed by atoms with Crippen LogP contribution < -0.4 is 5.32 Å². The summed E-state index contributed by atoms with van der Waals surface area (Å²) in [5, 5.41) is 6.35. The highest BCUT2D eigenvalue weighted by Gasteiger charge is 2.15. The largest absolute Gasteiger partial charge is 0.351 e. The first-order valence-electron chi connectivity index (χ1n) is 6.82. The molecule has 1 aliphatic carbocycles. The van der Waals surface area contributed by atoms with E-state index in [9.17, 15) is 0 Å². The maximum absolute atomic E-state index is 4.32. The standard InChI is InChI=1S/C15H16N4S/c1-11-18-14(10-20-11)7-6-12-8-16-15(17-9-12)19-13-4-2-3-5-13/h8-10,13H,2-5H2,1H3,(H,16,17,19). The van der Waals surface area contributed by atoms with Gasteiger partial charge in [-0.25, -0.2) is 15.0 Å². The predicted octanol–water partition coefficient (Wildman–Crippen LogP) is 3.00. The van der Waals surface area contributed by atoms with Crippen LogP contribution in [0.3, 0.4) is 0 Å². The van der Waals surface area contributed by atoms with Gasteiger partial charge in [0, 0.05) is 23.8 Å². The third kappa shape index (κ3) is 3.34. The van der Waals surface area contributed by atoms with E-state index in [1.165, 1.54) is 25.7 Å². The van der Waals surface area contributed by atoms with Gasteiger partial charge in [0.05, 0.1) is 10.6 Å². The molecule has 1 N–H and O–H groups in total. The molecule has 0 atom stereocenters. The van der Waals surface area contributed by atoms with Crippen molar-refractivity contribution in [1.29, 1.82) is 0 Å². The lowest BCUT2D eigenvalue weighted by Gasteiger charge is -2.10. The van der Waals surface area contributed by atoms with Crippen LogP contribution in [0.25, 0.3) is 0 Å². The minimum Gasteiger partial charge on any atom is -0.351 e. The van der Waals surface area contributed by atoms with E-state index in [1.807, 2.05) is 12.3 Å². The van der Waals surface area contributed by atoms with E-state index in [0.29, 0.717) is 12.0 Å². The highest BCUT2D eigenvalue weighted by molar-refractivity contribution is 7.09. The molecule has 20 heavy (non-hydrogen) atoms. The van der Waals surface area contributed by atoms with E-state index in [4.69, 9.17) is 0 Å². The molecule has 2 heterocycles. The van der Waals surface area contributed by atoms with Gasteiger partial charge in [-0.2, -0.15) is 0 Å². The molecule has 0 saturated heterocycles. The van der Waals surface area contributed by atoms with Gasteiger partial charge in [0.25, 0.3) is 0 Å². The SMILES string of the molecule is Cc1nc(C#Cc2cnc(NC3CCCC3)nc2)cs1. The van der Waals surface area contributed by atoms with Crippen molar-refractivity contribution < 1.29 is 0 Å². The van der Waals surface area contributed by atoms with Crippen molar-refractivity contribution in [2.45, 2.75) is 38.6 Å². The van der Waals surface area contributed by atoms with E-state index in [2.05, 4.69) is 32.1 Å². The lowest BCUT2D eigenvalue weighted by atomic mass is 10.2. The van der Waals surface area contributed by atoms with Crippen molar-refractivity contribution in [2.75, 3.05) is 5.32 Å².